The Morgan fingerprint density at radius 1 is 1.39 bits per heavy atom. The Morgan fingerprint density at radius 2 is 1.94 bits per heavy atom. The second-order valence-electron chi connectivity index (χ2n) is 4.85. The lowest BCUT2D eigenvalue weighted by Crippen LogP contribution is -2.49. The Kier molecular flexibility index (Phi) is 4.48. The molecule has 2 nitrogen and oxygen atoms in total. The topological polar surface area (TPSA) is 29.1 Å². The smallest absolute Gasteiger partial charge is 0.257 e. The van der Waals surface area contributed by atoms with Gasteiger partial charge in [0, 0.05) is 10.4 Å². The quantitative estimate of drug-likeness (QED) is 0.848. The first-order valence-corrected chi connectivity index (χ1v) is 6.49. The fourth-order valence-corrected chi connectivity index (χ4v) is 1.43. The lowest BCUT2D eigenvalue weighted by atomic mass is 10.0. The SMILES string of the molecule is Cc1ccc(F)c(C(=O)NC(C)(C)C(C)Br)c1F. The maximum Gasteiger partial charge on any atom is 0.257 e. The lowest BCUT2D eigenvalue weighted by Gasteiger charge is -2.29. The first-order chi connectivity index (χ1) is 8.16. The van der Waals surface area contributed by atoms with E-state index in [1.807, 2.05) is 6.92 Å². The van der Waals surface area contributed by atoms with Gasteiger partial charge >= 0.3 is 0 Å². The highest BCUT2D eigenvalue weighted by atomic mass is 79.9. The molecule has 0 bridgehead atoms. The second-order valence-corrected chi connectivity index (χ2v) is 6.22. The van der Waals surface area contributed by atoms with Crippen LogP contribution in [0.15, 0.2) is 12.1 Å². The van der Waals surface area contributed by atoms with Crippen molar-refractivity contribution in [2.24, 2.45) is 0 Å². The van der Waals surface area contributed by atoms with E-state index in [1.165, 1.54) is 13.0 Å². The van der Waals surface area contributed by atoms with Gasteiger partial charge in [0.1, 0.15) is 17.2 Å². The number of rotatable bonds is 3. The van der Waals surface area contributed by atoms with Crippen molar-refractivity contribution in [3.8, 4) is 0 Å². The number of carbonyl (C=O) groups excluding carboxylic acids is 1. The van der Waals surface area contributed by atoms with Gasteiger partial charge in [-0.25, -0.2) is 8.78 Å². The average molecular weight is 320 g/mol. The maximum atomic E-state index is 13.8. The molecule has 1 amide bonds. The van der Waals surface area contributed by atoms with Crippen molar-refractivity contribution in [3.63, 3.8) is 0 Å². The van der Waals surface area contributed by atoms with Crippen molar-refractivity contribution in [3.05, 3.63) is 34.9 Å². The molecule has 0 spiro atoms. The minimum absolute atomic E-state index is 0.0371. The van der Waals surface area contributed by atoms with Crippen LogP contribution in [0.5, 0.6) is 0 Å². The predicted molar refractivity (Wildman–Crippen MR) is 71.0 cm³/mol. The number of alkyl halides is 1. The van der Waals surface area contributed by atoms with Gasteiger partial charge in [-0.3, -0.25) is 4.79 Å². The molecular formula is C13H16BrF2NO. The summed E-state index contributed by atoms with van der Waals surface area (Å²) in [7, 11) is 0. The molecule has 5 heteroatoms. The summed E-state index contributed by atoms with van der Waals surface area (Å²) in [6.07, 6.45) is 0. The Bertz CT molecular complexity index is 472. The summed E-state index contributed by atoms with van der Waals surface area (Å²) in [5, 5.41) is 2.62. The molecule has 0 saturated heterocycles. The Balaban J connectivity index is 3.10. The summed E-state index contributed by atoms with van der Waals surface area (Å²) >= 11 is 3.35. The number of halogens is 3. The van der Waals surface area contributed by atoms with Crippen LogP contribution in [-0.2, 0) is 0 Å². The van der Waals surface area contributed by atoms with Gasteiger partial charge in [0.05, 0.1) is 0 Å². The molecule has 0 heterocycles. The first kappa shape index (κ1) is 15.1. The zero-order valence-electron chi connectivity index (χ0n) is 10.8. The van der Waals surface area contributed by atoms with Crippen molar-refractivity contribution in [2.45, 2.75) is 38.1 Å². The van der Waals surface area contributed by atoms with Crippen molar-refractivity contribution in [1.82, 2.24) is 5.32 Å². The molecule has 1 rings (SSSR count). The van der Waals surface area contributed by atoms with Crippen LogP contribution in [0, 0.1) is 18.6 Å². The highest BCUT2D eigenvalue weighted by molar-refractivity contribution is 9.09. The minimum Gasteiger partial charge on any atom is -0.346 e. The van der Waals surface area contributed by atoms with Gasteiger partial charge in [-0.15, -0.1) is 0 Å². The fourth-order valence-electron chi connectivity index (χ4n) is 1.32. The zero-order valence-corrected chi connectivity index (χ0v) is 12.4. The molecule has 100 valence electrons. The van der Waals surface area contributed by atoms with Crippen LogP contribution >= 0.6 is 15.9 Å². The Morgan fingerprint density at radius 3 is 2.44 bits per heavy atom. The van der Waals surface area contributed by atoms with Crippen LogP contribution < -0.4 is 5.32 Å². The van der Waals surface area contributed by atoms with Gasteiger partial charge in [0.2, 0.25) is 0 Å². The average Bonchev–Trinajstić information content (AvgIpc) is 2.23. The standard InChI is InChI=1S/C13H16BrF2NO/c1-7-5-6-9(15)10(11(7)16)12(18)17-13(3,4)8(2)14/h5-6,8H,1-4H3,(H,17,18). The molecule has 0 aliphatic heterocycles. The monoisotopic (exact) mass is 319 g/mol. The van der Waals surface area contributed by atoms with E-state index in [4.69, 9.17) is 0 Å². The van der Waals surface area contributed by atoms with Crippen LogP contribution in [0.4, 0.5) is 8.78 Å². The first-order valence-electron chi connectivity index (χ1n) is 5.58. The molecule has 0 aliphatic carbocycles. The molecule has 0 saturated carbocycles. The highest BCUT2D eigenvalue weighted by Crippen LogP contribution is 2.20. The van der Waals surface area contributed by atoms with E-state index < -0.39 is 28.6 Å². The van der Waals surface area contributed by atoms with Gasteiger partial charge in [-0.05, 0) is 32.4 Å². The van der Waals surface area contributed by atoms with E-state index in [9.17, 15) is 13.6 Å². The molecule has 1 atom stereocenters. The number of hydrogen-bond acceptors (Lipinski definition) is 1. The molecule has 1 N–H and O–H groups in total. The predicted octanol–water partition coefficient (Wildman–Crippen LogP) is 3.57. The summed E-state index contributed by atoms with van der Waals surface area (Å²) in [6, 6.07) is 2.40. The molecule has 1 aromatic rings. The van der Waals surface area contributed by atoms with Gasteiger partial charge in [-0.1, -0.05) is 28.9 Å². The van der Waals surface area contributed by atoms with Crippen LogP contribution in [0.2, 0.25) is 0 Å². The van der Waals surface area contributed by atoms with Crippen LogP contribution in [0.25, 0.3) is 0 Å². The number of nitrogens with one attached hydrogen (secondary N) is 1. The number of amides is 1. The summed E-state index contributed by atoms with van der Waals surface area (Å²) in [4.78, 5) is 11.9. The van der Waals surface area contributed by atoms with Gasteiger partial charge in [0.15, 0.2) is 0 Å². The largest absolute Gasteiger partial charge is 0.346 e. The van der Waals surface area contributed by atoms with E-state index in [1.54, 1.807) is 13.8 Å². The molecule has 0 fully saturated rings. The summed E-state index contributed by atoms with van der Waals surface area (Å²) in [5.74, 6) is -2.41. The third kappa shape index (κ3) is 3.07. The Labute approximate surface area is 114 Å². The van der Waals surface area contributed by atoms with Crippen molar-refractivity contribution < 1.29 is 13.6 Å². The third-order valence-corrected chi connectivity index (χ3v) is 4.09. The molecular weight excluding hydrogens is 304 g/mol. The molecule has 0 aromatic heterocycles. The summed E-state index contributed by atoms with van der Waals surface area (Å²) in [6.45, 7) is 6.89. The number of carbonyl (C=O) groups is 1. The normalized spacial score (nSPS) is 13.3. The van der Waals surface area contributed by atoms with Crippen LogP contribution in [-0.4, -0.2) is 16.3 Å². The van der Waals surface area contributed by atoms with Gasteiger partial charge < -0.3 is 5.32 Å². The molecule has 0 radical (unpaired) electrons. The van der Waals surface area contributed by atoms with E-state index in [-0.39, 0.29) is 10.4 Å². The second kappa shape index (κ2) is 5.34. The van der Waals surface area contributed by atoms with E-state index in [0.717, 1.165) is 6.07 Å². The van der Waals surface area contributed by atoms with E-state index in [2.05, 4.69) is 21.2 Å². The summed E-state index contributed by atoms with van der Waals surface area (Å²) < 4.78 is 27.3. The van der Waals surface area contributed by atoms with Crippen molar-refractivity contribution in [2.75, 3.05) is 0 Å². The molecule has 18 heavy (non-hydrogen) atoms. The number of aryl methyl sites for hydroxylation is 1. The van der Waals surface area contributed by atoms with Gasteiger partial charge in [0.25, 0.3) is 5.91 Å². The highest BCUT2D eigenvalue weighted by Gasteiger charge is 2.29. The minimum atomic E-state index is -0.853. The fraction of sp³-hybridized carbons (Fsp3) is 0.462. The summed E-state index contributed by atoms with van der Waals surface area (Å²) in [5.41, 5.74) is -0.901. The maximum absolute atomic E-state index is 13.8. The molecule has 0 aliphatic rings. The van der Waals surface area contributed by atoms with E-state index in [0.29, 0.717) is 0 Å². The van der Waals surface area contributed by atoms with Crippen molar-refractivity contribution >= 4 is 21.8 Å². The lowest BCUT2D eigenvalue weighted by molar-refractivity contribution is 0.0905. The van der Waals surface area contributed by atoms with Crippen LogP contribution in [0.3, 0.4) is 0 Å². The molecule has 1 aromatic carbocycles. The molecule has 1 unspecified atom stereocenters. The third-order valence-electron chi connectivity index (χ3n) is 2.94. The number of benzene rings is 1. The number of hydrogen-bond donors (Lipinski definition) is 1. The van der Waals surface area contributed by atoms with Crippen molar-refractivity contribution in [1.29, 1.82) is 0 Å². The van der Waals surface area contributed by atoms with Crippen LogP contribution in [0.1, 0.15) is 36.7 Å². The Hall–Kier alpha value is -0.970. The van der Waals surface area contributed by atoms with E-state index >= 15 is 0 Å². The zero-order chi connectivity index (χ0) is 14.1. The van der Waals surface area contributed by atoms with Gasteiger partial charge in [-0.2, -0.15) is 0 Å².